The first-order valence-corrected chi connectivity index (χ1v) is 8.93. The highest BCUT2D eigenvalue weighted by molar-refractivity contribution is 5.89. The van der Waals surface area contributed by atoms with Crippen LogP contribution in [0.25, 0.3) is 0 Å². The number of rotatable bonds is 5. The van der Waals surface area contributed by atoms with Crippen LogP contribution in [0.2, 0.25) is 0 Å². The van der Waals surface area contributed by atoms with Crippen LogP contribution >= 0.6 is 0 Å². The zero-order valence-corrected chi connectivity index (χ0v) is 14.3. The Morgan fingerprint density at radius 1 is 1.33 bits per heavy atom. The highest BCUT2D eigenvalue weighted by Gasteiger charge is 2.33. The van der Waals surface area contributed by atoms with Gasteiger partial charge in [0.1, 0.15) is 5.82 Å². The minimum absolute atomic E-state index is 0.0345. The summed E-state index contributed by atoms with van der Waals surface area (Å²) in [6, 6.07) is 3.93. The van der Waals surface area contributed by atoms with E-state index in [1.165, 1.54) is 19.3 Å². The predicted octanol–water partition coefficient (Wildman–Crippen LogP) is 1.56. The first kappa shape index (κ1) is 16.7. The number of carbonyl (C=O) groups excluding carboxylic acids is 2. The van der Waals surface area contributed by atoms with Crippen molar-refractivity contribution in [2.75, 3.05) is 31.1 Å². The second kappa shape index (κ2) is 7.64. The van der Waals surface area contributed by atoms with Gasteiger partial charge >= 0.3 is 0 Å². The molecular weight excluding hydrogens is 304 g/mol. The van der Waals surface area contributed by atoms with E-state index in [4.69, 9.17) is 0 Å². The zero-order chi connectivity index (χ0) is 16.9. The monoisotopic (exact) mass is 330 g/mol. The molecule has 0 spiro atoms. The SMILES string of the molecule is CCN1C[C@H](C(=O)NCc2cccnc2N2CCCCC2)CC1=O. The van der Waals surface area contributed by atoms with Crippen LogP contribution < -0.4 is 10.2 Å². The molecule has 0 saturated carbocycles. The van der Waals surface area contributed by atoms with E-state index in [-0.39, 0.29) is 17.7 Å². The van der Waals surface area contributed by atoms with Crippen LogP contribution in [0, 0.1) is 5.92 Å². The molecule has 1 aromatic rings. The molecule has 2 saturated heterocycles. The van der Waals surface area contributed by atoms with Crippen molar-refractivity contribution < 1.29 is 9.59 Å². The average Bonchev–Trinajstić information content (AvgIpc) is 3.01. The standard InChI is InChI=1S/C18H26N4O2/c1-2-21-13-15(11-16(21)23)18(24)20-12-14-7-6-8-19-17(14)22-9-4-3-5-10-22/h6-8,15H,2-5,9-13H2,1H3,(H,20,24)/t15-/m1/s1. The van der Waals surface area contributed by atoms with E-state index < -0.39 is 0 Å². The fraction of sp³-hybridized carbons (Fsp3) is 0.611. The van der Waals surface area contributed by atoms with E-state index in [9.17, 15) is 9.59 Å². The quantitative estimate of drug-likeness (QED) is 0.890. The number of nitrogens with zero attached hydrogens (tertiary/aromatic N) is 3. The summed E-state index contributed by atoms with van der Waals surface area (Å²) in [7, 11) is 0. The van der Waals surface area contributed by atoms with Crippen LogP contribution in [0.1, 0.15) is 38.2 Å². The summed E-state index contributed by atoms with van der Waals surface area (Å²) in [5.41, 5.74) is 1.05. The number of hydrogen-bond donors (Lipinski definition) is 1. The van der Waals surface area contributed by atoms with Gasteiger partial charge in [-0.2, -0.15) is 0 Å². The number of amides is 2. The van der Waals surface area contributed by atoms with Crippen LogP contribution in [-0.4, -0.2) is 47.9 Å². The van der Waals surface area contributed by atoms with Crippen LogP contribution in [0.3, 0.4) is 0 Å². The Morgan fingerprint density at radius 2 is 2.12 bits per heavy atom. The zero-order valence-electron chi connectivity index (χ0n) is 14.3. The number of aromatic nitrogens is 1. The van der Waals surface area contributed by atoms with Gasteiger partial charge < -0.3 is 15.1 Å². The normalized spacial score (nSPS) is 21.2. The van der Waals surface area contributed by atoms with E-state index in [2.05, 4.69) is 15.2 Å². The Morgan fingerprint density at radius 3 is 2.83 bits per heavy atom. The summed E-state index contributed by atoms with van der Waals surface area (Å²) in [6.07, 6.45) is 5.80. The number of anilines is 1. The summed E-state index contributed by atoms with van der Waals surface area (Å²) < 4.78 is 0. The molecule has 3 rings (SSSR count). The number of piperidine rings is 1. The lowest BCUT2D eigenvalue weighted by molar-refractivity contribution is -0.128. The minimum atomic E-state index is -0.229. The summed E-state index contributed by atoms with van der Waals surface area (Å²) in [5.74, 6) is 0.795. The molecule has 6 heteroatoms. The lowest BCUT2D eigenvalue weighted by Crippen LogP contribution is -2.34. The largest absolute Gasteiger partial charge is 0.356 e. The molecule has 1 atom stereocenters. The van der Waals surface area contributed by atoms with Gasteiger partial charge in [0.2, 0.25) is 11.8 Å². The maximum atomic E-state index is 12.4. The first-order chi connectivity index (χ1) is 11.7. The van der Waals surface area contributed by atoms with Crippen molar-refractivity contribution in [3.63, 3.8) is 0 Å². The molecule has 1 N–H and O–H groups in total. The smallest absolute Gasteiger partial charge is 0.225 e. The van der Waals surface area contributed by atoms with Crippen molar-refractivity contribution in [3.05, 3.63) is 23.9 Å². The Labute approximate surface area is 143 Å². The van der Waals surface area contributed by atoms with Gasteiger partial charge in [0.15, 0.2) is 0 Å². The summed E-state index contributed by atoms with van der Waals surface area (Å²) in [6.45, 7) is 5.67. The number of likely N-dealkylation sites (tertiary alicyclic amines) is 1. The van der Waals surface area contributed by atoms with Crippen molar-refractivity contribution in [3.8, 4) is 0 Å². The second-order valence-electron chi connectivity index (χ2n) is 6.59. The Hall–Kier alpha value is -2.11. The summed E-state index contributed by atoms with van der Waals surface area (Å²) in [4.78, 5) is 32.8. The van der Waals surface area contributed by atoms with Gasteiger partial charge in [0, 0.05) is 50.9 Å². The van der Waals surface area contributed by atoms with Crippen molar-refractivity contribution >= 4 is 17.6 Å². The first-order valence-electron chi connectivity index (χ1n) is 8.93. The fourth-order valence-corrected chi connectivity index (χ4v) is 3.54. The maximum absolute atomic E-state index is 12.4. The third-order valence-corrected chi connectivity index (χ3v) is 4.94. The molecule has 1 aromatic heterocycles. The molecule has 0 bridgehead atoms. The Bertz CT molecular complexity index is 598. The van der Waals surface area contributed by atoms with Gasteiger partial charge in [-0.25, -0.2) is 4.98 Å². The maximum Gasteiger partial charge on any atom is 0.225 e. The van der Waals surface area contributed by atoms with Gasteiger partial charge in [-0.15, -0.1) is 0 Å². The molecule has 2 amide bonds. The minimum Gasteiger partial charge on any atom is -0.356 e. The highest BCUT2D eigenvalue weighted by atomic mass is 16.2. The lowest BCUT2D eigenvalue weighted by atomic mass is 10.1. The third-order valence-electron chi connectivity index (χ3n) is 4.94. The Kier molecular flexibility index (Phi) is 5.33. The molecular formula is C18H26N4O2. The van der Waals surface area contributed by atoms with Crippen LogP contribution in [-0.2, 0) is 16.1 Å². The molecule has 0 unspecified atom stereocenters. The van der Waals surface area contributed by atoms with Gasteiger partial charge in [-0.05, 0) is 32.3 Å². The number of pyridine rings is 1. The van der Waals surface area contributed by atoms with Crippen LogP contribution in [0.15, 0.2) is 18.3 Å². The molecule has 0 radical (unpaired) electrons. The molecule has 2 aliphatic rings. The van der Waals surface area contributed by atoms with E-state index in [0.29, 0.717) is 26.1 Å². The van der Waals surface area contributed by atoms with Gasteiger partial charge in [0.05, 0.1) is 5.92 Å². The topological polar surface area (TPSA) is 65.5 Å². The molecule has 6 nitrogen and oxygen atoms in total. The van der Waals surface area contributed by atoms with Crippen LogP contribution in [0.5, 0.6) is 0 Å². The fourth-order valence-electron chi connectivity index (χ4n) is 3.54. The average molecular weight is 330 g/mol. The van der Waals surface area contributed by atoms with Gasteiger partial charge in [-0.3, -0.25) is 9.59 Å². The molecule has 0 aromatic carbocycles. The summed E-state index contributed by atoms with van der Waals surface area (Å²) in [5, 5.41) is 3.00. The third kappa shape index (κ3) is 3.68. The van der Waals surface area contributed by atoms with Crippen molar-refractivity contribution in [1.82, 2.24) is 15.2 Å². The Balaban J connectivity index is 1.60. The van der Waals surface area contributed by atoms with Crippen molar-refractivity contribution in [2.24, 2.45) is 5.92 Å². The van der Waals surface area contributed by atoms with Gasteiger partial charge in [0.25, 0.3) is 0 Å². The van der Waals surface area contributed by atoms with Crippen molar-refractivity contribution in [2.45, 2.75) is 39.2 Å². The van der Waals surface area contributed by atoms with Crippen molar-refractivity contribution in [1.29, 1.82) is 0 Å². The second-order valence-corrected chi connectivity index (χ2v) is 6.59. The van der Waals surface area contributed by atoms with E-state index in [0.717, 1.165) is 24.5 Å². The van der Waals surface area contributed by atoms with E-state index >= 15 is 0 Å². The predicted molar refractivity (Wildman–Crippen MR) is 92.5 cm³/mol. The van der Waals surface area contributed by atoms with Crippen LogP contribution in [0.4, 0.5) is 5.82 Å². The number of hydrogen-bond acceptors (Lipinski definition) is 4. The summed E-state index contributed by atoms with van der Waals surface area (Å²) >= 11 is 0. The molecule has 0 aliphatic carbocycles. The lowest BCUT2D eigenvalue weighted by Gasteiger charge is -2.29. The molecule has 24 heavy (non-hydrogen) atoms. The highest BCUT2D eigenvalue weighted by Crippen LogP contribution is 2.22. The number of carbonyl (C=O) groups is 2. The van der Waals surface area contributed by atoms with E-state index in [1.807, 2.05) is 25.3 Å². The molecule has 3 heterocycles. The van der Waals surface area contributed by atoms with Gasteiger partial charge in [-0.1, -0.05) is 6.07 Å². The molecule has 2 aliphatic heterocycles. The molecule has 2 fully saturated rings. The number of nitrogens with one attached hydrogen (secondary N) is 1. The molecule has 130 valence electrons. The van der Waals surface area contributed by atoms with E-state index in [1.54, 1.807) is 4.90 Å².